The Morgan fingerprint density at radius 2 is 1.63 bits per heavy atom. The van der Waals surface area contributed by atoms with Gasteiger partial charge in [0, 0.05) is 41.5 Å². The van der Waals surface area contributed by atoms with Crippen molar-refractivity contribution in [3.8, 4) is 16.9 Å². The van der Waals surface area contributed by atoms with E-state index in [1.54, 1.807) is 4.90 Å². The fraction of sp³-hybridized carbons (Fsp3) is 0.120. The second-order valence-corrected chi connectivity index (χ2v) is 7.70. The van der Waals surface area contributed by atoms with E-state index in [0.717, 1.165) is 28.1 Å². The monoisotopic (exact) mass is 415 g/mol. The number of aryl methyl sites for hydroxylation is 1. The first-order valence-corrected chi connectivity index (χ1v) is 10.1. The molecule has 4 aromatic rings. The van der Waals surface area contributed by atoms with E-state index in [-0.39, 0.29) is 5.91 Å². The molecule has 150 valence electrons. The van der Waals surface area contributed by atoms with Gasteiger partial charge in [-0.05, 0) is 42.8 Å². The zero-order valence-electron chi connectivity index (χ0n) is 16.9. The Morgan fingerprint density at radius 3 is 2.33 bits per heavy atom. The van der Waals surface area contributed by atoms with Crippen LogP contribution in [0.5, 0.6) is 0 Å². The van der Waals surface area contributed by atoms with Gasteiger partial charge < -0.3 is 4.90 Å². The number of nitrogens with zero attached hydrogens (tertiary/aromatic N) is 3. The van der Waals surface area contributed by atoms with Crippen LogP contribution in [0, 0.1) is 6.92 Å². The van der Waals surface area contributed by atoms with Gasteiger partial charge >= 0.3 is 0 Å². The fourth-order valence-electron chi connectivity index (χ4n) is 3.43. The molecule has 0 N–H and O–H groups in total. The SMILES string of the molecule is Cc1ccccc1C(=O)N(C)Cc1cn(-c2ccccc2)nc1-c1ccc(Cl)cc1. The summed E-state index contributed by atoms with van der Waals surface area (Å²) in [6.45, 7) is 2.39. The van der Waals surface area contributed by atoms with Crippen LogP contribution in [-0.2, 0) is 6.54 Å². The summed E-state index contributed by atoms with van der Waals surface area (Å²) in [6, 6.07) is 25.2. The molecule has 1 amide bonds. The number of halogens is 1. The number of amides is 1. The second kappa shape index (κ2) is 8.56. The minimum absolute atomic E-state index is 0.0115. The smallest absolute Gasteiger partial charge is 0.254 e. The standard InChI is InChI=1S/C25H22ClN3O/c1-18-8-6-7-11-23(18)25(30)28(2)16-20-17-29(22-9-4-3-5-10-22)27-24(20)19-12-14-21(26)15-13-19/h3-15,17H,16H2,1-2H3. The molecule has 0 atom stereocenters. The molecule has 0 saturated carbocycles. The second-order valence-electron chi connectivity index (χ2n) is 7.27. The van der Waals surface area contributed by atoms with Crippen molar-refractivity contribution in [3.05, 3.63) is 107 Å². The van der Waals surface area contributed by atoms with Gasteiger partial charge in [0.1, 0.15) is 0 Å². The molecule has 0 spiro atoms. The topological polar surface area (TPSA) is 38.1 Å². The van der Waals surface area contributed by atoms with Gasteiger partial charge in [0.2, 0.25) is 0 Å². The Balaban J connectivity index is 1.70. The van der Waals surface area contributed by atoms with Crippen molar-refractivity contribution < 1.29 is 4.79 Å². The van der Waals surface area contributed by atoms with Gasteiger partial charge in [-0.1, -0.05) is 60.1 Å². The lowest BCUT2D eigenvalue weighted by atomic mass is 10.1. The molecule has 4 nitrogen and oxygen atoms in total. The summed E-state index contributed by atoms with van der Waals surface area (Å²) in [7, 11) is 1.82. The molecule has 0 unspecified atom stereocenters. The van der Waals surface area contributed by atoms with Crippen molar-refractivity contribution in [1.82, 2.24) is 14.7 Å². The number of hydrogen-bond donors (Lipinski definition) is 0. The van der Waals surface area contributed by atoms with Gasteiger partial charge in [0.25, 0.3) is 5.91 Å². The largest absolute Gasteiger partial charge is 0.337 e. The quantitative estimate of drug-likeness (QED) is 0.414. The molecule has 0 aliphatic heterocycles. The van der Waals surface area contributed by atoms with E-state index < -0.39 is 0 Å². The molecule has 5 heteroatoms. The molecule has 0 bridgehead atoms. The average Bonchev–Trinajstić information content (AvgIpc) is 3.18. The summed E-state index contributed by atoms with van der Waals surface area (Å²) in [5, 5.41) is 5.49. The van der Waals surface area contributed by atoms with Crippen molar-refractivity contribution in [1.29, 1.82) is 0 Å². The molecule has 3 aromatic carbocycles. The molecular formula is C25H22ClN3O. The predicted octanol–water partition coefficient (Wildman–Crippen LogP) is 5.77. The molecule has 1 heterocycles. The van der Waals surface area contributed by atoms with Crippen molar-refractivity contribution in [2.45, 2.75) is 13.5 Å². The molecule has 0 saturated heterocycles. The summed E-state index contributed by atoms with van der Waals surface area (Å²) in [5.41, 5.74) is 5.40. The van der Waals surface area contributed by atoms with Crippen LogP contribution < -0.4 is 0 Å². The molecule has 1 aromatic heterocycles. The van der Waals surface area contributed by atoms with E-state index in [4.69, 9.17) is 16.7 Å². The third kappa shape index (κ3) is 4.14. The Hall–Kier alpha value is -3.37. The highest BCUT2D eigenvalue weighted by atomic mass is 35.5. The molecule has 4 rings (SSSR count). The Labute approximate surface area is 181 Å². The van der Waals surface area contributed by atoms with Gasteiger partial charge in [-0.3, -0.25) is 4.79 Å². The van der Waals surface area contributed by atoms with Crippen LogP contribution in [0.3, 0.4) is 0 Å². The molecule has 30 heavy (non-hydrogen) atoms. The summed E-state index contributed by atoms with van der Waals surface area (Å²) < 4.78 is 1.85. The van der Waals surface area contributed by atoms with Crippen molar-refractivity contribution in [2.24, 2.45) is 0 Å². The normalized spacial score (nSPS) is 10.8. The van der Waals surface area contributed by atoms with Crippen LogP contribution in [0.25, 0.3) is 16.9 Å². The lowest BCUT2D eigenvalue weighted by Crippen LogP contribution is -2.26. The van der Waals surface area contributed by atoms with E-state index in [1.807, 2.05) is 104 Å². The van der Waals surface area contributed by atoms with E-state index in [1.165, 1.54) is 0 Å². The number of carbonyl (C=O) groups excluding carboxylic acids is 1. The molecule has 0 aliphatic rings. The maximum Gasteiger partial charge on any atom is 0.254 e. The van der Waals surface area contributed by atoms with Gasteiger partial charge in [-0.25, -0.2) is 4.68 Å². The zero-order chi connectivity index (χ0) is 21.1. The van der Waals surface area contributed by atoms with E-state index in [2.05, 4.69) is 0 Å². The number of rotatable bonds is 5. The lowest BCUT2D eigenvalue weighted by molar-refractivity contribution is 0.0784. The first-order chi connectivity index (χ1) is 14.5. The van der Waals surface area contributed by atoms with Crippen LogP contribution >= 0.6 is 11.6 Å². The highest BCUT2D eigenvalue weighted by molar-refractivity contribution is 6.30. The third-order valence-corrected chi connectivity index (χ3v) is 5.31. The number of para-hydroxylation sites is 1. The first kappa shape index (κ1) is 19.9. The highest BCUT2D eigenvalue weighted by Gasteiger charge is 2.18. The van der Waals surface area contributed by atoms with Crippen LogP contribution in [0.4, 0.5) is 0 Å². The first-order valence-electron chi connectivity index (χ1n) is 9.74. The van der Waals surface area contributed by atoms with Crippen LogP contribution in [-0.4, -0.2) is 27.6 Å². The van der Waals surface area contributed by atoms with Crippen LogP contribution in [0.2, 0.25) is 5.02 Å². The zero-order valence-corrected chi connectivity index (χ0v) is 17.7. The van der Waals surface area contributed by atoms with E-state index in [9.17, 15) is 4.79 Å². The van der Waals surface area contributed by atoms with Crippen molar-refractivity contribution in [2.75, 3.05) is 7.05 Å². The minimum Gasteiger partial charge on any atom is -0.337 e. The minimum atomic E-state index is -0.0115. The predicted molar refractivity (Wildman–Crippen MR) is 121 cm³/mol. The van der Waals surface area contributed by atoms with Gasteiger partial charge in [0.15, 0.2) is 0 Å². The molecule has 0 fully saturated rings. The third-order valence-electron chi connectivity index (χ3n) is 5.06. The number of benzene rings is 3. The van der Waals surface area contributed by atoms with Gasteiger partial charge in [0.05, 0.1) is 11.4 Å². The Kier molecular flexibility index (Phi) is 5.68. The fourth-order valence-corrected chi connectivity index (χ4v) is 3.56. The Morgan fingerprint density at radius 1 is 0.967 bits per heavy atom. The highest BCUT2D eigenvalue weighted by Crippen LogP contribution is 2.26. The average molecular weight is 416 g/mol. The summed E-state index contributed by atoms with van der Waals surface area (Å²) in [5.74, 6) is -0.0115. The lowest BCUT2D eigenvalue weighted by Gasteiger charge is -2.18. The molecular weight excluding hydrogens is 394 g/mol. The number of aromatic nitrogens is 2. The molecule has 0 aliphatic carbocycles. The van der Waals surface area contributed by atoms with Crippen molar-refractivity contribution in [3.63, 3.8) is 0 Å². The van der Waals surface area contributed by atoms with Crippen molar-refractivity contribution >= 4 is 17.5 Å². The molecule has 0 radical (unpaired) electrons. The summed E-state index contributed by atoms with van der Waals surface area (Å²) in [4.78, 5) is 14.8. The number of carbonyl (C=O) groups is 1. The summed E-state index contributed by atoms with van der Waals surface area (Å²) >= 11 is 6.07. The van der Waals surface area contributed by atoms with Gasteiger partial charge in [-0.15, -0.1) is 0 Å². The van der Waals surface area contributed by atoms with E-state index in [0.29, 0.717) is 17.1 Å². The maximum absolute atomic E-state index is 13.0. The maximum atomic E-state index is 13.0. The van der Waals surface area contributed by atoms with Crippen LogP contribution in [0.15, 0.2) is 85.1 Å². The summed E-state index contributed by atoms with van der Waals surface area (Å²) in [6.07, 6.45) is 1.99. The van der Waals surface area contributed by atoms with Gasteiger partial charge in [-0.2, -0.15) is 5.10 Å². The Bertz CT molecular complexity index is 1170. The van der Waals surface area contributed by atoms with Crippen LogP contribution in [0.1, 0.15) is 21.5 Å². The van der Waals surface area contributed by atoms with E-state index >= 15 is 0 Å². The number of hydrogen-bond acceptors (Lipinski definition) is 2.